The van der Waals surface area contributed by atoms with Crippen molar-refractivity contribution in [3.05, 3.63) is 30.4 Å². The van der Waals surface area contributed by atoms with Crippen LogP contribution in [0.1, 0.15) is 18.7 Å². The molecular weight excluding hydrogens is 328 g/mol. The highest BCUT2D eigenvalue weighted by Gasteiger charge is 2.29. The molecule has 4 amide bonds. The summed E-state index contributed by atoms with van der Waals surface area (Å²) >= 11 is 0. The van der Waals surface area contributed by atoms with E-state index in [9.17, 15) is 14.4 Å². The van der Waals surface area contributed by atoms with Crippen LogP contribution in [0.4, 0.5) is 4.79 Å². The third-order valence-corrected chi connectivity index (χ3v) is 3.57. The van der Waals surface area contributed by atoms with Crippen molar-refractivity contribution in [2.75, 3.05) is 6.54 Å². The molecule has 2 aromatic rings. The molecule has 0 radical (unpaired) electrons. The van der Waals surface area contributed by atoms with Crippen LogP contribution in [-0.4, -0.2) is 45.6 Å². The Bertz CT molecular complexity index is 775. The van der Waals surface area contributed by atoms with Crippen LogP contribution in [0.2, 0.25) is 0 Å². The summed E-state index contributed by atoms with van der Waals surface area (Å²) < 4.78 is 5.13. The van der Waals surface area contributed by atoms with Crippen molar-refractivity contribution in [1.29, 1.82) is 0 Å². The molecule has 0 aromatic carbocycles. The highest BCUT2D eigenvalue weighted by atomic mass is 16.5. The number of aromatic nitrogens is 3. The van der Waals surface area contributed by atoms with Gasteiger partial charge in [0.2, 0.25) is 17.6 Å². The Kier molecular flexibility index (Phi) is 4.97. The van der Waals surface area contributed by atoms with Crippen molar-refractivity contribution in [2.24, 2.45) is 0 Å². The summed E-state index contributed by atoms with van der Waals surface area (Å²) in [5.74, 6) is 0.214. The van der Waals surface area contributed by atoms with Gasteiger partial charge in [-0.25, -0.2) is 4.79 Å². The van der Waals surface area contributed by atoms with E-state index in [0.29, 0.717) is 24.7 Å². The van der Waals surface area contributed by atoms with Crippen LogP contribution in [-0.2, 0) is 16.0 Å². The van der Waals surface area contributed by atoms with Gasteiger partial charge in [0.05, 0.1) is 0 Å². The predicted octanol–water partition coefficient (Wildman–Crippen LogP) is -0.221. The number of hydrogen-bond acceptors (Lipinski definition) is 7. The first-order valence-corrected chi connectivity index (χ1v) is 7.73. The number of carbonyl (C=O) groups excluding carboxylic acids is 3. The lowest BCUT2D eigenvalue weighted by Crippen LogP contribution is -2.32. The van der Waals surface area contributed by atoms with Crippen LogP contribution in [0.25, 0.3) is 11.4 Å². The molecule has 0 bridgehead atoms. The fourth-order valence-corrected chi connectivity index (χ4v) is 2.30. The Morgan fingerprint density at radius 1 is 1.36 bits per heavy atom. The smallest absolute Gasteiger partial charge is 0.322 e. The SMILES string of the molecule is O=C(CC[C@H]1NC(=O)NC1=O)NCCc1nc(-c2cccnc2)no1. The molecule has 1 fully saturated rings. The molecule has 1 saturated heterocycles. The zero-order chi connectivity index (χ0) is 17.6. The Morgan fingerprint density at radius 3 is 2.96 bits per heavy atom. The minimum atomic E-state index is -0.656. The number of carbonyl (C=O) groups is 3. The van der Waals surface area contributed by atoms with E-state index >= 15 is 0 Å². The van der Waals surface area contributed by atoms with Gasteiger partial charge in [0.25, 0.3) is 5.91 Å². The molecule has 3 rings (SSSR count). The lowest BCUT2D eigenvalue weighted by molar-refractivity contribution is -0.122. The molecule has 0 unspecified atom stereocenters. The minimum Gasteiger partial charge on any atom is -0.356 e. The van der Waals surface area contributed by atoms with Gasteiger partial charge in [0.1, 0.15) is 6.04 Å². The molecule has 0 aliphatic carbocycles. The molecule has 1 aliphatic rings. The highest BCUT2D eigenvalue weighted by Crippen LogP contribution is 2.13. The Labute approximate surface area is 142 Å². The van der Waals surface area contributed by atoms with Crippen molar-refractivity contribution in [3.8, 4) is 11.4 Å². The molecule has 2 aromatic heterocycles. The zero-order valence-corrected chi connectivity index (χ0v) is 13.2. The number of imide groups is 1. The first-order chi connectivity index (χ1) is 12.1. The van der Waals surface area contributed by atoms with Crippen molar-refractivity contribution in [3.63, 3.8) is 0 Å². The van der Waals surface area contributed by atoms with Gasteiger partial charge < -0.3 is 15.2 Å². The highest BCUT2D eigenvalue weighted by molar-refractivity contribution is 6.04. The topological polar surface area (TPSA) is 139 Å². The second kappa shape index (κ2) is 7.51. The number of hydrogen-bond donors (Lipinski definition) is 3. The van der Waals surface area contributed by atoms with Crippen LogP contribution in [0.3, 0.4) is 0 Å². The van der Waals surface area contributed by atoms with E-state index in [-0.39, 0.29) is 18.7 Å². The maximum absolute atomic E-state index is 11.8. The molecule has 3 N–H and O–H groups in total. The van der Waals surface area contributed by atoms with Crippen molar-refractivity contribution in [2.45, 2.75) is 25.3 Å². The van der Waals surface area contributed by atoms with E-state index in [2.05, 4.69) is 31.1 Å². The summed E-state index contributed by atoms with van der Waals surface area (Å²) in [6.45, 7) is 0.330. The second-order valence-corrected chi connectivity index (χ2v) is 5.41. The number of urea groups is 1. The van der Waals surface area contributed by atoms with E-state index in [1.807, 2.05) is 6.07 Å². The van der Waals surface area contributed by atoms with E-state index in [4.69, 9.17) is 4.52 Å². The van der Waals surface area contributed by atoms with Gasteiger partial charge in [-0.15, -0.1) is 0 Å². The zero-order valence-electron chi connectivity index (χ0n) is 13.2. The van der Waals surface area contributed by atoms with E-state index in [0.717, 1.165) is 5.56 Å². The fourth-order valence-electron chi connectivity index (χ4n) is 2.30. The lowest BCUT2D eigenvalue weighted by Gasteiger charge is -2.07. The van der Waals surface area contributed by atoms with Gasteiger partial charge >= 0.3 is 6.03 Å². The van der Waals surface area contributed by atoms with Crippen LogP contribution >= 0.6 is 0 Å². The number of nitrogens with zero attached hydrogens (tertiary/aromatic N) is 3. The van der Waals surface area contributed by atoms with Crippen LogP contribution in [0, 0.1) is 0 Å². The van der Waals surface area contributed by atoms with Gasteiger partial charge in [0.15, 0.2) is 0 Å². The van der Waals surface area contributed by atoms with Crippen molar-refractivity contribution in [1.82, 2.24) is 31.1 Å². The number of pyridine rings is 1. The second-order valence-electron chi connectivity index (χ2n) is 5.41. The molecule has 25 heavy (non-hydrogen) atoms. The van der Waals surface area contributed by atoms with Crippen LogP contribution < -0.4 is 16.0 Å². The Morgan fingerprint density at radius 2 is 2.24 bits per heavy atom. The Hall–Kier alpha value is -3.30. The maximum Gasteiger partial charge on any atom is 0.322 e. The Balaban J connectivity index is 1.39. The fraction of sp³-hybridized carbons (Fsp3) is 0.333. The first kappa shape index (κ1) is 16.6. The predicted molar refractivity (Wildman–Crippen MR) is 83.9 cm³/mol. The van der Waals surface area contributed by atoms with Gasteiger partial charge in [-0.2, -0.15) is 4.98 Å². The van der Waals surface area contributed by atoms with Crippen molar-refractivity contribution < 1.29 is 18.9 Å². The summed E-state index contributed by atoms with van der Waals surface area (Å²) in [6, 6.07) is 2.41. The molecule has 130 valence electrons. The molecule has 0 spiro atoms. The summed E-state index contributed by atoms with van der Waals surface area (Å²) in [5.41, 5.74) is 0.749. The molecule has 10 heteroatoms. The number of rotatable bonds is 7. The summed E-state index contributed by atoms with van der Waals surface area (Å²) in [6.07, 6.45) is 4.05. The molecule has 1 aliphatic heterocycles. The quantitative estimate of drug-likeness (QED) is 0.590. The molecule has 10 nitrogen and oxygen atoms in total. The summed E-state index contributed by atoms with van der Waals surface area (Å²) in [4.78, 5) is 42.3. The van der Waals surface area contributed by atoms with Gasteiger partial charge in [-0.1, -0.05) is 5.16 Å². The van der Waals surface area contributed by atoms with Gasteiger partial charge in [-0.05, 0) is 18.6 Å². The maximum atomic E-state index is 11.8. The average molecular weight is 344 g/mol. The minimum absolute atomic E-state index is 0.128. The largest absolute Gasteiger partial charge is 0.356 e. The lowest BCUT2D eigenvalue weighted by atomic mass is 10.1. The monoisotopic (exact) mass is 344 g/mol. The van der Waals surface area contributed by atoms with E-state index < -0.39 is 18.0 Å². The molecular formula is C15H16N6O4. The molecule has 3 heterocycles. The first-order valence-electron chi connectivity index (χ1n) is 7.73. The average Bonchev–Trinajstić information content (AvgIpc) is 3.20. The van der Waals surface area contributed by atoms with Crippen molar-refractivity contribution >= 4 is 17.8 Å². The number of amides is 4. The van der Waals surface area contributed by atoms with Crippen LogP contribution in [0.15, 0.2) is 29.0 Å². The van der Waals surface area contributed by atoms with Gasteiger partial charge in [-0.3, -0.25) is 19.9 Å². The molecule has 0 saturated carbocycles. The van der Waals surface area contributed by atoms with E-state index in [1.54, 1.807) is 18.5 Å². The third kappa shape index (κ3) is 4.37. The van der Waals surface area contributed by atoms with Crippen LogP contribution in [0.5, 0.6) is 0 Å². The third-order valence-electron chi connectivity index (χ3n) is 3.57. The summed E-state index contributed by atoms with van der Waals surface area (Å²) in [5, 5.41) is 11.1. The van der Waals surface area contributed by atoms with E-state index in [1.165, 1.54) is 0 Å². The molecule has 1 atom stereocenters. The number of nitrogens with one attached hydrogen (secondary N) is 3. The van der Waals surface area contributed by atoms with Gasteiger partial charge in [0, 0.05) is 37.3 Å². The normalized spacial score (nSPS) is 16.4. The summed E-state index contributed by atoms with van der Waals surface area (Å²) in [7, 11) is 0. The standard InChI is InChI=1S/C15H16N6O4/c22-11(4-3-10-14(23)20-15(24)18-10)17-7-5-12-19-13(21-25-12)9-2-1-6-16-8-9/h1-2,6,8,10H,3-5,7H2,(H,17,22)(H2,18,20,23,24)/t10-/m1/s1.